The fraction of sp³-hybridized carbons (Fsp3) is 0. The minimum atomic E-state index is -1.45. The zero-order chi connectivity index (χ0) is 10.0. The van der Waals surface area contributed by atoms with Gasteiger partial charge in [0.05, 0.1) is 10.6 Å². The Morgan fingerprint density at radius 1 is 1.36 bits per heavy atom. The van der Waals surface area contributed by atoms with Crippen LogP contribution < -0.4 is 56.5 Å². The molecule has 3 nitrogen and oxygen atoms in total. The number of halogens is 3. The van der Waals surface area contributed by atoms with Crippen molar-refractivity contribution in [2.24, 2.45) is 0 Å². The summed E-state index contributed by atoms with van der Waals surface area (Å²) in [6.45, 7) is 0. The van der Waals surface area contributed by atoms with Crippen molar-refractivity contribution < 1.29 is 70.8 Å². The molecule has 0 amide bonds. The first-order valence-corrected chi connectivity index (χ1v) is 3.81. The van der Waals surface area contributed by atoms with Gasteiger partial charge in [-0.2, -0.15) is 0 Å². The summed E-state index contributed by atoms with van der Waals surface area (Å²) in [5.41, 5.74) is -0.600. The average Bonchev–Trinajstić information content (AvgIpc) is 2.12. The Morgan fingerprint density at radius 3 is 2.36 bits per heavy atom. The monoisotopic (exact) mass is 262 g/mol. The average molecular weight is 263 g/mol. The van der Waals surface area contributed by atoms with Crippen molar-refractivity contribution in [2.45, 2.75) is 0 Å². The number of hydrogen-bond donors (Lipinski definition) is 0. The van der Waals surface area contributed by atoms with Crippen molar-refractivity contribution >= 4 is 29.2 Å². The van der Waals surface area contributed by atoms with Gasteiger partial charge in [-0.3, -0.25) is 0 Å². The van der Waals surface area contributed by atoms with Gasteiger partial charge in [-0.1, -0.05) is 29.0 Å². The summed E-state index contributed by atoms with van der Waals surface area (Å²) in [5.74, 6) is -2.30. The Balaban J connectivity index is 0.00000169. The number of hydrogen-bond acceptors (Lipinski definition) is 3. The molecule has 1 rings (SSSR count). The molecule has 0 saturated carbocycles. The molecule has 0 aliphatic heterocycles. The SMILES string of the molecule is O=C(OF)c1c(Cl)ccc(Cl)c1[O-].[K+]. The first-order valence-electron chi connectivity index (χ1n) is 3.06. The largest absolute Gasteiger partial charge is 1.00 e. The minimum Gasteiger partial charge on any atom is -0.871 e. The van der Waals surface area contributed by atoms with Crippen molar-refractivity contribution in [3.8, 4) is 5.75 Å². The van der Waals surface area contributed by atoms with Crippen molar-refractivity contribution in [3.05, 3.63) is 27.7 Å². The molecule has 0 N–H and O–H groups in total. The molecule has 70 valence electrons. The van der Waals surface area contributed by atoms with E-state index in [1.807, 2.05) is 0 Å². The van der Waals surface area contributed by atoms with Crippen molar-refractivity contribution in [1.82, 2.24) is 0 Å². The van der Waals surface area contributed by atoms with E-state index >= 15 is 0 Å². The number of benzene rings is 1. The van der Waals surface area contributed by atoms with E-state index in [1.165, 1.54) is 12.1 Å². The van der Waals surface area contributed by atoms with E-state index in [1.54, 1.807) is 0 Å². The first-order chi connectivity index (χ1) is 6.07. The van der Waals surface area contributed by atoms with Crippen LogP contribution in [0.2, 0.25) is 10.0 Å². The Kier molecular flexibility index (Phi) is 6.55. The molecule has 0 saturated heterocycles. The topological polar surface area (TPSA) is 49.4 Å². The van der Waals surface area contributed by atoms with Gasteiger partial charge >= 0.3 is 57.4 Å². The molecule has 0 unspecified atom stereocenters. The molecule has 0 bridgehead atoms. The maximum absolute atomic E-state index is 11.5. The second-order valence-corrected chi connectivity index (χ2v) is 2.91. The van der Waals surface area contributed by atoms with Gasteiger partial charge in [0.2, 0.25) is 0 Å². The van der Waals surface area contributed by atoms with E-state index in [9.17, 15) is 14.4 Å². The molecule has 0 radical (unpaired) electrons. The zero-order valence-corrected chi connectivity index (χ0v) is 11.6. The summed E-state index contributed by atoms with van der Waals surface area (Å²) in [6.07, 6.45) is 0. The Morgan fingerprint density at radius 2 is 1.86 bits per heavy atom. The maximum atomic E-state index is 11.5. The van der Waals surface area contributed by atoms with E-state index in [-0.39, 0.29) is 61.4 Å². The first kappa shape index (κ1) is 14.6. The second kappa shape index (κ2) is 6.27. The summed E-state index contributed by atoms with van der Waals surface area (Å²) in [7, 11) is 0. The van der Waals surface area contributed by atoms with Crippen LogP contribution >= 0.6 is 23.2 Å². The molecule has 7 heteroatoms. The molecule has 0 aliphatic rings. The minimum absolute atomic E-state index is 0. The van der Waals surface area contributed by atoms with E-state index in [0.29, 0.717) is 0 Å². The summed E-state index contributed by atoms with van der Waals surface area (Å²) >= 11 is 10.8. The van der Waals surface area contributed by atoms with Crippen LogP contribution in [0.4, 0.5) is 4.53 Å². The van der Waals surface area contributed by atoms with Gasteiger partial charge in [-0.05, 0) is 12.1 Å². The Labute approximate surface area is 131 Å². The van der Waals surface area contributed by atoms with Gasteiger partial charge in [-0.25, -0.2) is 9.74 Å². The third-order valence-electron chi connectivity index (χ3n) is 1.33. The van der Waals surface area contributed by atoms with Crippen LogP contribution in [0.5, 0.6) is 5.75 Å². The van der Waals surface area contributed by atoms with E-state index in [2.05, 4.69) is 4.94 Å². The molecule has 0 atom stereocenters. The molecule has 0 aromatic heterocycles. The van der Waals surface area contributed by atoms with Crippen LogP contribution in [0.15, 0.2) is 12.1 Å². The van der Waals surface area contributed by atoms with E-state index in [0.717, 1.165) is 0 Å². The molecule has 0 heterocycles. The zero-order valence-electron chi connectivity index (χ0n) is 7.01. The molecule has 0 spiro atoms. The normalized spacial score (nSPS) is 9.07. The van der Waals surface area contributed by atoms with E-state index in [4.69, 9.17) is 23.2 Å². The molecule has 14 heavy (non-hydrogen) atoms. The predicted octanol–water partition coefficient (Wildman–Crippen LogP) is -0.888. The Bertz CT molecular complexity index is 359. The van der Waals surface area contributed by atoms with Crippen LogP contribution in [0.25, 0.3) is 0 Å². The van der Waals surface area contributed by atoms with Crippen molar-refractivity contribution in [3.63, 3.8) is 0 Å². The molecule has 1 aromatic carbocycles. The van der Waals surface area contributed by atoms with Crippen molar-refractivity contribution in [1.29, 1.82) is 0 Å². The van der Waals surface area contributed by atoms with E-state index < -0.39 is 17.3 Å². The van der Waals surface area contributed by atoms with Crippen molar-refractivity contribution in [2.75, 3.05) is 0 Å². The quantitative estimate of drug-likeness (QED) is 0.618. The third-order valence-corrected chi connectivity index (χ3v) is 1.95. The van der Waals surface area contributed by atoms with Gasteiger partial charge in [0.15, 0.2) is 0 Å². The number of carbonyl (C=O) groups excluding carboxylic acids is 1. The van der Waals surface area contributed by atoms with Gasteiger partial charge in [0, 0.05) is 9.55 Å². The predicted molar refractivity (Wildman–Crippen MR) is 42.4 cm³/mol. The Hall–Kier alpha value is 0.636. The van der Waals surface area contributed by atoms with Crippen LogP contribution in [0, 0.1) is 0 Å². The van der Waals surface area contributed by atoms with Gasteiger partial charge in [0.25, 0.3) is 0 Å². The molecular weight excluding hydrogens is 261 g/mol. The summed E-state index contributed by atoms with van der Waals surface area (Å²) in [6, 6.07) is 2.42. The number of carbonyl (C=O) groups is 1. The van der Waals surface area contributed by atoms with Gasteiger partial charge in [-0.15, -0.1) is 0 Å². The van der Waals surface area contributed by atoms with Gasteiger partial charge in [0.1, 0.15) is 0 Å². The maximum Gasteiger partial charge on any atom is 1.00 e. The fourth-order valence-corrected chi connectivity index (χ4v) is 1.15. The summed E-state index contributed by atoms with van der Waals surface area (Å²) in [5, 5.41) is 10.7. The van der Waals surface area contributed by atoms with Crippen LogP contribution in [0.1, 0.15) is 10.4 Å². The number of rotatable bonds is 1. The summed E-state index contributed by atoms with van der Waals surface area (Å²) in [4.78, 5) is 13.5. The smallest absolute Gasteiger partial charge is 0.871 e. The van der Waals surface area contributed by atoms with Gasteiger partial charge < -0.3 is 5.11 Å². The second-order valence-electron chi connectivity index (χ2n) is 2.10. The van der Waals surface area contributed by atoms with Crippen LogP contribution in [0.3, 0.4) is 0 Å². The molecular formula is C7H2Cl2FKO3. The van der Waals surface area contributed by atoms with Crippen LogP contribution in [-0.2, 0) is 4.94 Å². The summed E-state index contributed by atoms with van der Waals surface area (Å²) < 4.78 is 11.5. The fourth-order valence-electron chi connectivity index (χ4n) is 0.762. The third kappa shape index (κ3) is 3.06. The standard InChI is InChI=1S/C7H3Cl2FO3.K/c8-3-1-2-4(9)6(11)5(3)7(12)13-10;/h1-2,11H;/q;+1/p-1. The molecule has 1 aromatic rings. The molecule has 0 aliphatic carbocycles. The molecule has 0 fully saturated rings. The van der Waals surface area contributed by atoms with Crippen LogP contribution in [-0.4, -0.2) is 5.97 Å².